The number of carbonyl (C=O) groups excluding carboxylic acids is 2. The number of aliphatic hydroxyl groups excluding tert-OH is 1. The Morgan fingerprint density at radius 3 is 2.31 bits per heavy atom. The van der Waals surface area contributed by atoms with E-state index >= 15 is 0 Å². The van der Waals surface area contributed by atoms with Crippen LogP contribution in [0.25, 0.3) is 0 Å². The number of amides is 2. The molecule has 0 aromatic carbocycles. The number of fused-ring (bicyclic) bond motifs is 2. The zero-order valence-electron chi connectivity index (χ0n) is 21.8. The second-order valence-corrected chi connectivity index (χ2v) is 10.3. The van der Waals surface area contributed by atoms with E-state index < -0.39 is 53.9 Å². The molecule has 2 aliphatic heterocycles. The third kappa shape index (κ3) is 7.07. The van der Waals surface area contributed by atoms with Crippen molar-refractivity contribution in [1.82, 2.24) is 15.2 Å². The van der Waals surface area contributed by atoms with Crippen molar-refractivity contribution < 1.29 is 36.6 Å². The monoisotopic (exact) mass is 577 g/mol. The van der Waals surface area contributed by atoms with E-state index in [1.807, 2.05) is 0 Å². The molecule has 216 valence electrons. The summed E-state index contributed by atoms with van der Waals surface area (Å²) in [5.74, 6) is -1.62. The summed E-state index contributed by atoms with van der Waals surface area (Å²) in [4.78, 5) is 35.8. The molecule has 1 aromatic rings. The molecule has 1 aromatic heterocycles. The summed E-state index contributed by atoms with van der Waals surface area (Å²) in [6.07, 6.45) is -4.07. The molecule has 1 unspecified atom stereocenters. The lowest BCUT2D eigenvalue weighted by Crippen LogP contribution is -2.46. The van der Waals surface area contributed by atoms with Gasteiger partial charge in [0, 0.05) is 35.4 Å². The minimum absolute atomic E-state index is 0.0424. The zero-order valence-corrected chi connectivity index (χ0v) is 22.6. The van der Waals surface area contributed by atoms with Gasteiger partial charge in [0.1, 0.15) is 11.9 Å². The van der Waals surface area contributed by atoms with E-state index in [1.165, 1.54) is 13.8 Å². The highest BCUT2D eigenvalue weighted by atomic mass is 32.1. The predicted molar refractivity (Wildman–Crippen MR) is 139 cm³/mol. The Kier molecular flexibility index (Phi) is 9.97. The van der Waals surface area contributed by atoms with Crippen molar-refractivity contribution in [2.45, 2.75) is 95.7 Å². The summed E-state index contributed by atoms with van der Waals surface area (Å²) in [5, 5.41) is 13.9. The average Bonchev–Trinajstić information content (AvgIpc) is 3.49. The second-order valence-electron chi connectivity index (χ2n) is 9.85. The summed E-state index contributed by atoms with van der Waals surface area (Å²) >= 11 is 5.49. The molecule has 3 atom stereocenters. The van der Waals surface area contributed by atoms with Gasteiger partial charge in [-0.15, -0.1) is 0 Å². The van der Waals surface area contributed by atoms with Crippen LogP contribution in [0.3, 0.4) is 0 Å². The van der Waals surface area contributed by atoms with Gasteiger partial charge >= 0.3 is 6.18 Å². The zero-order chi connectivity index (χ0) is 29.1. The Labute approximate surface area is 228 Å². The number of pyridine rings is 1. The minimum atomic E-state index is -4.62. The van der Waals surface area contributed by atoms with Crippen LogP contribution >= 0.6 is 12.2 Å². The number of alkyl halides is 5. The topological polar surface area (TPSA) is 107 Å². The molecular formula is C25H32F5N5O3S. The Morgan fingerprint density at radius 2 is 1.82 bits per heavy atom. The molecule has 3 N–H and O–H groups in total. The van der Waals surface area contributed by atoms with E-state index in [0.29, 0.717) is 0 Å². The molecule has 8 nitrogen and oxygen atoms in total. The summed E-state index contributed by atoms with van der Waals surface area (Å²) in [5.41, 5.74) is -1.16. The van der Waals surface area contributed by atoms with Crippen LogP contribution < -0.4 is 10.6 Å². The Bertz CT molecular complexity index is 1100. The van der Waals surface area contributed by atoms with Crippen molar-refractivity contribution in [2.24, 2.45) is 4.99 Å². The van der Waals surface area contributed by atoms with Gasteiger partial charge in [-0.05, 0) is 52.0 Å². The maximum Gasteiger partial charge on any atom is 0.408 e. The second kappa shape index (κ2) is 12.6. The molecule has 2 aliphatic rings. The number of thiocarbonyl (C=S) groups is 1. The molecular weight excluding hydrogens is 545 g/mol. The molecule has 39 heavy (non-hydrogen) atoms. The highest BCUT2D eigenvalue weighted by Crippen LogP contribution is 2.38. The Balaban J connectivity index is 2.00. The lowest BCUT2D eigenvalue weighted by molar-refractivity contribution is -0.143. The quantitative estimate of drug-likeness (QED) is 0.159. The van der Waals surface area contributed by atoms with Gasteiger partial charge in [-0.25, -0.2) is 13.8 Å². The van der Waals surface area contributed by atoms with Crippen LogP contribution in [0.1, 0.15) is 70.4 Å². The van der Waals surface area contributed by atoms with Crippen LogP contribution in [0.15, 0.2) is 17.3 Å². The maximum absolute atomic E-state index is 14.1. The Hall–Kier alpha value is -2.74. The number of aliphatic hydroxyl groups is 1. The van der Waals surface area contributed by atoms with Crippen molar-refractivity contribution in [2.75, 3.05) is 11.9 Å². The number of halogens is 5. The van der Waals surface area contributed by atoms with Crippen molar-refractivity contribution in [3.05, 3.63) is 23.4 Å². The molecule has 0 saturated carbocycles. The van der Waals surface area contributed by atoms with Gasteiger partial charge in [0.25, 0.3) is 18.2 Å². The first-order chi connectivity index (χ1) is 18.3. The molecule has 2 fully saturated rings. The molecule has 2 saturated heterocycles. The van der Waals surface area contributed by atoms with E-state index in [4.69, 9.17) is 12.2 Å². The van der Waals surface area contributed by atoms with Gasteiger partial charge in [-0.3, -0.25) is 14.6 Å². The molecule has 14 heteroatoms. The molecule has 3 heterocycles. The summed E-state index contributed by atoms with van der Waals surface area (Å²) in [6, 6.07) is -3.41. The molecule has 0 spiro atoms. The largest absolute Gasteiger partial charge is 0.408 e. The fraction of sp³-hybridized carbons (Fsp3) is 0.640. The number of anilines is 1. The Morgan fingerprint density at radius 1 is 1.23 bits per heavy atom. The molecule has 2 bridgehead atoms. The van der Waals surface area contributed by atoms with E-state index in [1.54, 1.807) is 11.8 Å². The van der Waals surface area contributed by atoms with Gasteiger partial charge in [-0.2, -0.15) is 13.2 Å². The van der Waals surface area contributed by atoms with E-state index in [2.05, 4.69) is 20.6 Å². The van der Waals surface area contributed by atoms with Crippen molar-refractivity contribution in [3.8, 4) is 0 Å². The smallest absolute Gasteiger partial charge is 0.394 e. The van der Waals surface area contributed by atoms with E-state index in [0.717, 1.165) is 37.9 Å². The van der Waals surface area contributed by atoms with Crippen LogP contribution in [0, 0.1) is 0 Å². The molecule has 0 radical (unpaired) electrons. The van der Waals surface area contributed by atoms with Crippen molar-refractivity contribution in [1.29, 1.82) is 0 Å². The summed E-state index contributed by atoms with van der Waals surface area (Å²) in [6.45, 7) is 3.84. The molecule has 3 rings (SSSR count). The van der Waals surface area contributed by atoms with Gasteiger partial charge < -0.3 is 20.6 Å². The van der Waals surface area contributed by atoms with Crippen LogP contribution in [-0.4, -0.2) is 80.4 Å². The van der Waals surface area contributed by atoms with E-state index in [-0.39, 0.29) is 41.3 Å². The van der Waals surface area contributed by atoms with Gasteiger partial charge in [-0.1, -0.05) is 19.1 Å². The third-order valence-electron chi connectivity index (χ3n) is 7.05. The van der Waals surface area contributed by atoms with Crippen molar-refractivity contribution in [3.63, 3.8) is 0 Å². The fourth-order valence-corrected chi connectivity index (χ4v) is 5.27. The average molecular weight is 578 g/mol. The number of rotatable bonds is 11. The molecule has 0 aliphatic carbocycles. The summed E-state index contributed by atoms with van der Waals surface area (Å²) in [7, 11) is 0. The van der Waals surface area contributed by atoms with Gasteiger partial charge in [0.2, 0.25) is 0 Å². The number of hydrogen-bond acceptors (Lipinski definition) is 7. The van der Waals surface area contributed by atoms with Crippen LogP contribution in [0.5, 0.6) is 0 Å². The number of aromatic nitrogens is 1. The lowest BCUT2D eigenvalue weighted by atomic mass is 10.0. The highest BCUT2D eigenvalue weighted by Gasteiger charge is 2.45. The lowest BCUT2D eigenvalue weighted by Gasteiger charge is -2.27. The standard InChI is InChI=1S/C25H32F5N5O3S/c1-4-18(25(28,29)30)34-19-9-16(22(26)27)17(10-31-19)21(39)20(33-13(3)23(37)32-12(2)11-36)24(38)35-14-5-6-15(35)8-7-14/h9-10,12,14-15,18,20,22,36H,4-8,11H2,1-3H3,(H,31,34)(H,32,37)/t12-,14?,15?,18+,20?/m1/s1. The first-order valence-corrected chi connectivity index (χ1v) is 13.1. The van der Waals surface area contributed by atoms with Crippen molar-refractivity contribution >= 4 is 40.4 Å². The fourth-order valence-electron chi connectivity index (χ4n) is 4.94. The highest BCUT2D eigenvalue weighted by molar-refractivity contribution is 7.81. The van der Waals surface area contributed by atoms with Gasteiger partial charge in [0.15, 0.2) is 6.04 Å². The third-order valence-corrected chi connectivity index (χ3v) is 7.50. The number of hydrogen-bond donors (Lipinski definition) is 3. The normalized spacial score (nSPS) is 21.6. The molecule has 2 amide bonds. The van der Waals surface area contributed by atoms with Crippen LogP contribution in [-0.2, 0) is 9.59 Å². The summed E-state index contributed by atoms with van der Waals surface area (Å²) < 4.78 is 67.9. The predicted octanol–water partition coefficient (Wildman–Crippen LogP) is 3.97. The first-order valence-electron chi connectivity index (χ1n) is 12.7. The van der Waals surface area contributed by atoms with Gasteiger partial charge in [0.05, 0.1) is 17.2 Å². The SMILES string of the molecule is CC[C@H](Nc1cc(C(F)F)c(C(=S)C(N=C(C)C(=O)N[C@H](C)CO)C(=O)N2C3CCC2CC3)cn1)C(F)(F)F. The number of aliphatic imine (C=N–C) groups is 1. The number of carbonyl (C=O) groups is 2. The van der Waals surface area contributed by atoms with E-state index in [9.17, 15) is 36.6 Å². The number of nitrogens with one attached hydrogen (secondary N) is 2. The number of nitrogens with zero attached hydrogens (tertiary/aromatic N) is 3. The first kappa shape index (κ1) is 30.8. The maximum atomic E-state index is 14.1. The minimum Gasteiger partial charge on any atom is -0.394 e. The van der Waals surface area contributed by atoms with Crippen LogP contribution in [0.4, 0.5) is 27.8 Å². The van der Waals surface area contributed by atoms with Crippen LogP contribution in [0.2, 0.25) is 0 Å².